The van der Waals surface area contributed by atoms with Crippen molar-refractivity contribution in [3.8, 4) is 0 Å². The molecule has 3 unspecified atom stereocenters. The predicted octanol–water partition coefficient (Wildman–Crippen LogP) is 3.33. The molecule has 1 aliphatic carbocycles. The van der Waals surface area contributed by atoms with E-state index in [9.17, 15) is 0 Å². The van der Waals surface area contributed by atoms with E-state index in [1.165, 1.54) is 64.3 Å². The van der Waals surface area contributed by atoms with Crippen molar-refractivity contribution >= 4 is 0 Å². The third-order valence-electron chi connectivity index (χ3n) is 6.09. The Morgan fingerprint density at radius 2 is 2.10 bits per heavy atom. The molecule has 1 spiro atoms. The van der Waals surface area contributed by atoms with Gasteiger partial charge in [0.2, 0.25) is 0 Å². The summed E-state index contributed by atoms with van der Waals surface area (Å²) >= 11 is 0. The maximum atomic E-state index is 6.14. The molecular weight excluding hydrogens is 260 g/mol. The topological polar surface area (TPSA) is 24.5 Å². The fourth-order valence-corrected chi connectivity index (χ4v) is 4.68. The monoisotopic (exact) mass is 294 g/mol. The lowest BCUT2D eigenvalue weighted by molar-refractivity contribution is -0.154. The second-order valence-electron chi connectivity index (χ2n) is 7.58. The standard InChI is InChI=1S/C18H34N2O/c1-3-11-19-15(2)17-7-4-5-12-20(17)16-8-13-21-18(14-16)9-6-10-18/h15-17,19H,3-14H2,1-2H3. The molecular formula is C18H34N2O. The van der Waals surface area contributed by atoms with Gasteiger partial charge in [0.1, 0.15) is 0 Å². The van der Waals surface area contributed by atoms with Crippen LogP contribution in [0.25, 0.3) is 0 Å². The molecule has 2 aliphatic heterocycles. The molecule has 0 aromatic heterocycles. The molecule has 1 saturated carbocycles. The third kappa shape index (κ3) is 3.46. The number of hydrogen-bond acceptors (Lipinski definition) is 3. The van der Waals surface area contributed by atoms with Gasteiger partial charge in [-0.05, 0) is 71.4 Å². The van der Waals surface area contributed by atoms with E-state index in [0.717, 1.165) is 25.2 Å². The van der Waals surface area contributed by atoms with Gasteiger partial charge in [-0.1, -0.05) is 13.3 Å². The highest BCUT2D eigenvalue weighted by atomic mass is 16.5. The van der Waals surface area contributed by atoms with E-state index in [-0.39, 0.29) is 5.60 Å². The Balaban J connectivity index is 1.62. The Morgan fingerprint density at radius 1 is 1.24 bits per heavy atom. The fourth-order valence-electron chi connectivity index (χ4n) is 4.68. The molecule has 3 fully saturated rings. The lowest BCUT2D eigenvalue weighted by atomic mass is 9.73. The second-order valence-corrected chi connectivity index (χ2v) is 7.58. The van der Waals surface area contributed by atoms with E-state index in [4.69, 9.17) is 4.74 Å². The largest absolute Gasteiger partial charge is 0.375 e. The van der Waals surface area contributed by atoms with Gasteiger partial charge >= 0.3 is 0 Å². The molecule has 122 valence electrons. The first-order chi connectivity index (χ1) is 10.2. The number of nitrogens with zero attached hydrogens (tertiary/aromatic N) is 1. The summed E-state index contributed by atoms with van der Waals surface area (Å²) in [5.41, 5.74) is 0.283. The summed E-state index contributed by atoms with van der Waals surface area (Å²) in [5.74, 6) is 0. The first kappa shape index (κ1) is 15.8. The average Bonchev–Trinajstić information content (AvgIpc) is 2.51. The molecule has 3 rings (SSSR count). The summed E-state index contributed by atoms with van der Waals surface area (Å²) in [6.07, 6.45) is 12.0. The fraction of sp³-hybridized carbons (Fsp3) is 1.00. The third-order valence-corrected chi connectivity index (χ3v) is 6.09. The summed E-state index contributed by atoms with van der Waals surface area (Å²) in [6, 6.07) is 2.14. The smallest absolute Gasteiger partial charge is 0.0697 e. The van der Waals surface area contributed by atoms with Gasteiger partial charge < -0.3 is 10.1 Å². The van der Waals surface area contributed by atoms with Crippen molar-refractivity contribution in [1.82, 2.24) is 10.2 Å². The van der Waals surface area contributed by atoms with Crippen LogP contribution in [-0.2, 0) is 4.74 Å². The minimum absolute atomic E-state index is 0.283. The van der Waals surface area contributed by atoms with Crippen molar-refractivity contribution in [2.75, 3.05) is 19.7 Å². The Hall–Kier alpha value is -0.120. The van der Waals surface area contributed by atoms with Crippen molar-refractivity contribution in [2.24, 2.45) is 0 Å². The number of ether oxygens (including phenoxy) is 1. The Kier molecular flexibility index (Phi) is 5.23. The van der Waals surface area contributed by atoms with E-state index in [1.54, 1.807) is 0 Å². The Bertz CT molecular complexity index is 329. The minimum Gasteiger partial charge on any atom is -0.375 e. The summed E-state index contributed by atoms with van der Waals surface area (Å²) in [4.78, 5) is 2.86. The molecule has 0 aromatic carbocycles. The van der Waals surface area contributed by atoms with Crippen LogP contribution < -0.4 is 5.32 Å². The normalized spacial score (nSPS) is 34.6. The zero-order chi connectivity index (χ0) is 14.7. The summed E-state index contributed by atoms with van der Waals surface area (Å²) in [7, 11) is 0. The maximum Gasteiger partial charge on any atom is 0.0697 e. The van der Waals surface area contributed by atoms with Crippen LogP contribution in [0.1, 0.15) is 71.6 Å². The number of nitrogens with one attached hydrogen (secondary N) is 1. The van der Waals surface area contributed by atoms with E-state index < -0.39 is 0 Å². The zero-order valence-corrected chi connectivity index (χ0v) is 14.1. The SMILES string of the molecule is CCCNC(C)C1CCCCN1C1CCOC2(CCC2)C1. The van der Waals surface area contributed by atoms with Crippen LogP contribution in [0.3, 0.4) is 0 Å². The molecule has 3 atom stereocenters. The summed E-state index contributed by atoms with van der Waals surface area (Å²) < 4.78 is 6.14. The second kappa shape index (κ2) is 6.97. The highest BCUT2D eigenvalue weighted by molar-refractivity contribution is 4.99. The van der Waals surface area contributed by atoms with E-state index in [0.29, 0.717) is 6.04 Å². The van der Waals surface area contributed by atoms with Crippen LogP contribution in [0.5, 0.6) is 0 Å². The molecule has 0 amide bonds. The number of rotatable bonds is 5. The Labute approximate surface area is 130 Å². The minimum atomic E-state index is 0.283. The van der Waals surface area contributed by atoms with Crippen LogP contribution >= 0.6 is 0 Å². The van der Waals surface area contributed by atoms with Gasteiger partial charge in [0.25, 0.3) is 0 Å². The molecule has 1 N–H and O–H groups in total. The van der Waals surface area contributed by atoms with E-state index in [1.807, 2.05) is 0 Å². The van der Waals surface area contributed by atoms with Crippen LogP contribution in [0.2, 0.25) is 0 Å². The molecule has 3 nitrogen and oxygen atoms in total. The molecule has 2 saturated heterocycles. The highest BCUT2D eigenvalue weighted by Crippen LogP contribution is 2.44. The molecule has 21 heavy (non-hydrogen) atoms. The molecule has 0 aromatic rings. The van der Waals surface area contributed by atoms with Crippen LogP contribution in [-0.4, -0.2) is 48.3 Å². The zero-order valence-electron chi connectivity index (χ0n) is 14.1. The van der Waals surface area contributed by atoms with Crippen molar-refractivity contribution in [1.29, 1.82) is 0 Å². The Morgan fingerprint density at radius 3 is 2.81 bits per heavy atom. The maximum absolute atomic E-state index is 6.14. The van der Waals surface area contributed by atoms with Crippen molar-refractivity contribution in [3.05, 3.63) is 0 Å². The van der Waals surface area contributed by atoms with Gasteiger partial charge in [-0.25, -0.2) is 0 Å². The van der Waals surface area contributed by atoms with Crippen LogP contribution in [0.15, 0.2) is 0 Å². The van der Waals surface area contributed by atoms with Gasteiger partial charge in [-0.2, -0.15) is 0 Å². The van der Waals surface area contributed by atoms with Gasteiger partial charge in [0.05, 0.1) is 5.60 Å². The van der Waals surface area contributed by atoms with E-state index in [2.05, 4.69) is 24.1 Å². The van der Waals surface area contributed by atoms with Crippen LogP contribution in [0, 0.1) is 0 Å². The number of piperidine rings is 1. The van der Waals surface area contributed by atoms with Gasteiger partial charge in [0.15, 0.2) is 0 Å². The van der Waals surface area contributed by atoms with Gasteiger partial charge in [-0.3, -0.25) is 4.90 Å². The van der Waals surface area contributed by atoms with Crippen molar-refractivity contribution in [2.45, 2.75) is 95.4 Å². The number of hydrogen-bond donors (Lipinski definition) is 1. The molecule has 0 radical (unpaired) electrons. The molecule has 2 heterocycles. The molecule has 3 heteroatoms. The average molecular weight is 294 g/mol. The van der Waals surface area contributed by atoms with Crippen molar-refractivity contribution in [3.63, 3.8) is 0 Å². The quantitative estimate of drug-likeness (QED) is 0.842. The first-order valence-corrected chi connectivity index (χ1v) is 9.37. The lowest BCUT2D eigenvalue weighted by Crippen LogP contribution is -2.59. The van der Waals surface area contributed by atoms with Gasteiger partial charge in [0, 0.05) is 24.7 Å². The number of likely N-dealkylation sites (tertiary alicyclic amines) is 1. The van der Waals surface area contributed by atoms with E-state index >= 15 is 0 Å². The molecule has 3 aliphatic rings. The first-order valence-electron chi connectivity index (χ1n) is 9.37. The van der Waals surface area contributed by atoms with Crippen molar-refractivity contribution < 1.29 is 4.74 Å². The highest BCUT2D eigenvalue weighted by Gasteiger charge is 2.45. The molecule has 0 bridgehead atoms. The summed E-state index contributed by atoms with van der Waals surface area (Å²) in [5, 5.41) is 3.75. The lowest BCUT2D eigenvalue weighted by Gasteiger charge is -2.52. The van der Waals surface area contributed by atoms with Crippen LogP contribution in [0.4, 0.5) is 0 Å². The van der Waals surface area contributed by atoms with Gasteiger partial charge in [-0.15, -0.1) is 0 Å². The summed E-state index contributed by atoms with van der Waals surface area (Å²) in [6.45, 7) is 8.12. The predicted molar refractivity (Wildman–Crippen MR) is 87.7 cm³/mol.